The van der Waals surface area contributed by atoms with Crippen LogP contribution in [0.3, 0.4) is 0 Å². The van der Waals surface area contributed by atoms with Gasteiger partial charge >= 0.3 is 6.09 Å². The quantitative estimate of drug-likeness (QED) is 0.941. The van der Waals surface area contributed by atoms with Crippen LogP contribution in [0.2, 0.25) is 5.02 Å². The number of likely N-dealkylation sites (tertiary alicyclic amines) is 1. The number of ether oxygens (including phenoxy) is 1. The molecule has 1 aromatic carbocycles. The fraction of sp³-hybridized carbons (Fsp3) is 0.200. The lowest BCUT2D eigenvalue weighted by Crippen LogP contribution is -2.47. The highest BCUT2D eigenvalue weighted by Crippen LogP contribution is 2.30. The van der Waals surface area contributed by atoms with Gasteiger partial charge in [0.15, 0.2) is 0 Å². The summed E-state index contributed by atoms with van der Waals surface area (Å²) in [6.45, 7) is 1.03. The maximum atomic E-state index is 10.7. The van der Waals surface area contributed by atoms with Crippen LogP contribution in [-0.2, 0) is 0 Å². The maximum Gasteiger partial charge on any atom is 0.407 e. The molecule has 1 aromatic heterocycles. The Bertz CT molecular complexity index is 654. The smallest absolute Gasteiger partial charge is 0.407 e. The summed E-state index contributed by atoms with van der Waals surface area (Å²) >= 11 is 6.02. The van der Waals surface area contributed by atoms with E-state index in [4.69, 9.17) is 21.4 Å². The molecule has 1 fully saturated rings. The Kier molecular flexibility index (Phi) is 3.66. The van der Waals surface area contributed by atoms with Crippen molar-refractivity contribution >= 4 is 17.7 Å². The van der Waals surface area contributed by atoms with Gasteiger partial charge in [0, 0.05) is 31.3 Å². The molecule has 1 aliphatic rings. The van der Waals surface area contributed by atoms with Crippen LogP contribution in [-0.4, -0.2) is 34.2 Å². The van der Waals surface area contributed by atoms with Crippen molar-refractivity contribution in [2.45, 2.75) is 5.92 Å². The van der Waals surface area contributed by atoms with Gasteiger partial charge in [0.25, 0.3) is 0 Å². The zero-order valence-electron chi connectivity index (χ0n) is 11.1. The normalized spacial score (nSPS) is 14.6. The summed E-state index contributed by atoms with van der Waals surface area (Å²) < 4.78 is 5.61. The van der Waals surface area contributed by atoms with Crippen molar-refractivity contribution in [1.29, 1.82) is 0 Å². The number of nitrogens with zero attached hydrogens (tertiary/aromatic N) is 2. The van der Waals surface area contributed by atoms with Crippen molar-refractivity contribution < 1.29 is 14.6 Å². The number of rotatable bonds is 3. The zero-order chi connectivity index (χ0) is 14.8. The molecule has 0 bridgehead atoms. The predicted octanol–water partition coefficient (Wildman–Crippen LogP) is 3.60. The van der Waals surface area contributed by atoms with Crippen molar-refractivity contribution in [2.24, 2.45) is 0 Å². The Morgan fingerprint density at radius 3 is 2.67 bits per heavy atom. The van der Waals surface area contributed by atoms with Gasteiger partial charge in [0.05, 0.1) is 5.02 Å². The van der Waals surface area contributed by atoms with Crippen molar-refractivity contribution in [3.8, 4) is 11.6 Å². The van der Waals surface area contributed by atoms with Crippen LogP contribution >= 0.6 is 11.6 Å². The molecular formula is C15H13ClN2O3. The first kappa shape index (κ1) is 13.7. The van der Waals surface area contributed by atoms with Gasteiger partial charge in [0.2, 0.25) is 5.88 Å². The van der Waals surface area contributed by atoms with Gasteiger partial charge in [-0.2, -0.15) is 0 Å². The van der Waals surface area contributed by atoms with E-state index in [-0.39, 0.29) is 5.92 Å². The first-order valence-corrected chi connectivity index (χ1v) is 6.87. The molecule has 6 heteroatoms. The average Bonchev–Trinajstić information content (AvgIpc) is 2.41. The molecule has 2 aromatic rings. The van der Waals surface area contributed by atoms with Crippen LogP contribution < -0.4 is 4.74 Å². The van der Waals surface area contributed by atoms with Gasteiger partial charge in [0.1, 0.15) is 5.75 Å². The second-order valence-electron chi connectivity index (χ2n) is 4.85. The van der Waals surface area contributed by atoms with Crippen LogP contribution in [0.1, 0.15) is 11.5 Å². The molecule has 1 amide bonds. The largest absolute Gasteiger partial charge is 0.465 e. The third-order valence-corrected chi connectivity index (χ3v) is 3.75. The third-order valence-electron chi connectivity index (χ3n) is 3.43. The molecule has 108 valence electrons. The van der Waals surface area contributed by atoms with E-state index in [1.54, 1.807) is 24.4 Å². The fourth-order valence-corrected chi connectivity index (χ4v) is 2.35. The summed E-state index contributed by atoms with van der Waals surface area (Å²) in [6.07, 6.45) is 0.841. The van der Waals surface area contributed by atoms with Gasteiger partial charge < -0.3 is 14.7 Å². The molecule has 2 heterocycles. The van der Waals surface area contributed by atoms with Gasteiger partial charge in [-0.15, -0.1) is 0 Å². The number of amides is 1. The van der Waals surface area contributed by atoms with E-state index in [0.717, 1.165) is 5.56 Å². The molecule has 0 unspecified atom stereocenters. The molecular weight excluding hydrogens is 292 g/mol. The first-order chi connectivity index (χ1) is 10.1. The topological polar surface area (TPSA) is 62.7 Å². The second-order valence-corrected chi connectivity index (χ2v) is 5.25. The zero-order valence-corrected chi connectivity index (χ0v) is 11.8. The Labute approximate surface area is 126 Å². The summed E-state index contributed by atoms with van der Waals surface area (Å²) in [5.74, 6) is 1.23. The van der Waals surface area contributed by atoms with E-state index in [2.05, 4.69) is 4.98 Å². The summed E-state index contributed by atoms with van der Waals surface area (Å²) in [6, 6.07) is 10.9. The van der Waals surface area contributed by atoms with Gasteiger partial charge in [-0.25, -0.2) is 9.78 Å². The van der Waals surface area contributed by atoms with Gasteiger partial charge in [-0.3, -0.25) is 0 Å². The molecule has 5 nitrogen and oxygen atoms in total. The van der Waals surface area contributed by atoms with Gasteiger partial charge in [-0.05, 0) is 17.7 Å². The first-order valence-electron chi connectivity index (χ1n) is 6.49. The number of para-hydroxylation sites is 1. The molecule has 1 aliphatic heterocycles. The number of carboxylic acid groups (broad SMARTS) is 1. The second kappa shape index (κ2) is 5.61. The van der Waals surface area contributed by atoms with E-state index in [1.807, 2.05) is 18.2 Å². The number of benzene rings is 1. The molecule has 0 spiro atoms. The Morgan fingerprint density at radius 2 is 2.05 bits per heavy atom. The Hall–Kier alpha value is -2.27. The molecule has 0 saturated carbocycles. The van der Waals surface area contributed by atoms with Crippen molar-refractivity contribution in [3.63, 3.8) is 0 Å². The molecule has 0 aliphatic carbocycles. The molecule has 1 N–H and O–H groups in total. The monoisotopic (exact) mass is 304 g/mol. The highest BCUT2D eigenvalue weighted by molar-refractivity contribution is 6.32. The van der Waals surface area contributed by atoms with Crippen molar-refractivity contribution in [2.75, 3.05) is 13.1 Å². The van der Waals surface area contributed by atoms with E-state index in [0.29, 0.717) is 29.7 Å². The van der Waals surface area contributed by atoms with Crippen LogP contribution in [0.5, 0.6) is 11.6 Å². The third kappa shape index (κ3) is 2.92. The number of pyridine rings is 1. The average molecular weight is 305 g/mol. The summed E-state index contributed by atoms with van der Waals surface area (Å²) in [5, 5.41) is 9.34. The van der Waals surface area contributed by atoms with E-state index < -0.39 is 6.09 Å². The molecule has 3 rings (SSSR count). The van der Waals surface area contributed by atoms with Crippen LogP contribution in [0.25, 0.3) is 0 Å². The van der Waals surface area contributed by atoms with Crippen LogP contribution in [0.15, 0.2) is 42.6 Å². The summed E-state index contributed by atoms with van der Waals surface area (Å²) in [7, 11) is 0. The highest BCUT2D eigenvalue weighted by Gasteiger charge is 2.31. The maximum absolute atomic E-state index is 10.7. The van der Waals surface area contributed by atoms with Crippen molar-refractivity contribution in [1.82, 2.24) is 9.88 Å². The number of hydrogen-bond acceptors (Lipinski definition) is 3. The minimum absolute atomic E-state index is 0.211. The standard InChI is InChI=1S/C15H13ClN2O3/c16-12-3-1-2-4-13(12)21-14-6-5-10(7-17-14)11-8-18(9-11)15(19)20/h1-7,11H,8-9H2,(H,19,20). The molecule has 0 radical (unpaired) electrons. The van der Waals surface area contributed by atoms with E-state index >= 15 is 0 Å². The van der Waals surface area contributed by atoms with Crippen molar-refractivity contribution in [3.05, 3.63) is 53.2 Å². The number of carbonyl (C=O) groups is 1. The lowest BCUT2D eigenvalue weighted by Gasteiger charge is -2.37. The lowest BCUT2D eigenvalue weighted by molar-refractivity contribution is 0.105. The summed E-state index contributed by atoms with van der Waals surface area (Å²) in [5.41, 5.74) is 1.01. The van der Waals surface area contributed by atoms with Gasteiger partial charge in [-0.1, -0.05) is 29.8 Å². The van der Waals surface area contributed by atoms with E-state index in [1.165, 1.54) is 4.90 Å². The SMILES string of the molecule is O=C(O)N1CC(c2ccc(Oc3ccccc3Cl)nc2)C1. The number of halogens is 1. The number of aromatic nitrogens is 1. The Balaban J connectivity index is 1.65. The number of hydrogen-bond donors (Lipinski definition) is 1. The highest BCUT2D eigenvalue weighted by atomic mass is 35.5. The minimum atomic E-state index is -0.877. The Morgan fingerprint density at radius 1 is 1.29 bits per heavy atom. The minimum Gasteiger partial charge on any atom is -0.465 e. The predicted molar refractivity (Wildman–Crippen MR) is 78.1 cm³/mol. The van der Waals surface area contributed by atoms with E-state index in [9.17, 15) is 4.79 Å². The molecule has 0 atom stereocenters. The molecule has 1 saturated heterocycles. The summed E-state index contributed by atoms with van der Waals surface area (Å²) in [4.78, 5) is 16.3. The molecule has 21 heavy (non-hydrogen) atoms. The fourth-order valence-electron chi connectivity index (χ4n) is 2.18. The van der Waals surface area contributed by atoms with Crippen LogP contribution in [0.4, 0.5) is 4.79 Å². The van der Waals surface area contributed by atoms with Crippen LogP contribution in [0, 0.1) is 0 Å². The lowest BCUT2D eigenvalue weighted by atomic mass is 9.93.